The Morgan fingerprint density at radius 3 is 2.76 bits per heavy atom. The number of aromatic nitrogens is 2. The van der Waals surface area contributed by atoms with Crippen LogP contribution in [0.5, 0.6) is 11.5 Å². The molecular formula is C30H30N4O3. The highest BCUT2D eigenvalue weighted by Gasteiger charge is 2.42. The number of amides is 1. The number of nitrogens with one attached hydrogen (secondary N) is 1. The normalized spacial score (nSPS) is 23.9. The molecule has 2 bridgehead atoms. The molecule has 4 aromatic rings. The third-order valence-electron chi connectivity index (χ3n) is 8.35. The predicted molar refractivity (Wildman–Crippen MR) is 142 cm³/mol. The van der Waals surface area contributed by atoms with Crippen LogP contribution in [0, 0.1) is 5.92 Å². The van der Waals surface area contributed by atoms with Gasteiger partial charge >= 0.3 is 0 Å². The van der Waals surface area contributed by atoms with Crippen LogP contribution >= 0.6 is 0 Å². The molecule has 3 aromatic carbocycles. The van der Waals surface area contributed by atoms with Crippen LogP contribution < -0.4 is 14.8 Å². The van der Waals surface area contributed by atoms with Crippen LogP contribution in [-0.2, 0) is 7.05 Å². The topological polar surface area (TPSA) is 68.6 Å². The predicted octanol–water partition coefficient (Wildman–Crippen LogP) is 4.58. The zero-order chi connectivity index (χ0) is 24.9. The van der Waals surface area contributed by atoms with Crippen LogP contribution in [0.3, 0.4) is 0 Å². The van der Waals surface area contributed by atoms with Crippen molar-refractivity contribution in [3.05, 3.63) is 78.0 Å². The molecule has 0 aliphatic carbocycles. The SMILES string of the molecule is Cn1nc(-c2ccc3ccccc3c2)cc1[C@H]1CN2CCC1C[C@@H]2CNC(=O)c1ccc2c(c1)OCO2. The van der Waals surface area contributed by atoms with Crippen LogP contribution in [0.2, 0.25) is 0 Å². The fraction of sp³-hybridized carbons (Fsp3) is 0.333. The lowest BCUT2D eigenvalue weighted by Gasteiger charge is -2.50. The van der Waals surface area contributed by atoms with Crippen molar-refractivity contribution in [2.45, 2.75) is 24.8 Å². The molecule has 4 aliphatic rings. The summed E-state index contributed by atoms with van der Waals surface area (Å²) >= 11 is 0. The van der Waals surface area contributed by atoms with Gasteiger partial charge in [-0.15, -0.1) is 0 Å². The molecule has 8 rings (SSSR count). The van der Waals surface area contributed by atoms with Crippen molar-refractivity contribution in [2.75, 3.05) is 26.4 Å². The van der Waals surface area contributed by atoms with Gasteiger partial charge in [-0.25, -0.2) is 0 Å². The zero-order valence-corrected chi connectivity index (χ0v) is 20.9. The summed E-state index contributed by atoms with van der Waals surface area (Å²) in [6.45, 7) is 2.96. The average Bonchev–Trinajstić information content (AvgIpc) is 3.57. The van der Waals surface area contributed by atoms with Crippen molar-refractivity contribution in [1.82, 2.24) is 20.0 Å². The van der Waals surface area contributed by atoms with Gasteiger partial charge in [0.2, 0.25) is 6.79 Å². The summed E-state index contributed by atoms with van der Waals surface area (Å²) in [5.41, 5.74) is 4.10. The Labute approximate surface area is 216 Å². The minimum absolute atomic E-state index is 0.0656. The van der Waals surface area contributed by atoms with E-state index >= 15 is 0 Å². The summed E-state index contributed by atoms with van der Waals surface area (Å²) < 4.78 is 12.8. The Morgan fingerprint density at radius 1 is 1.03 bits per heavy atom. The second-order valence-electron chi connectivity index (χ2n) is 10.5. The minimum atomic E-state index is -0.0656. The fourth-order valence-electron chi connectivity index (χ4n) is 6.35. The summed E-state index contributed by atoms with van der Waals surface area (Å²) in [5.74, 6) is 2.31. The number of carbonyl (C=O) groups excluding carboxylic acids is 1. The van der Waals surface area contributed by atoms with E-state index in [1.807, 2.05) is 0 Å². The lowest BCUT2D eigenvalue weighted by molar-refractivity contribution is 0.0280. The third-order valence-corrected chi connectivity index (χ3v) is 8.35. The number of hydrogen-bond acceptors (Lipinski definition) is 5. The highest BCUT2D eigenvalue weighted by molar-refractivity contribution is 5.95. The number of ether oxygens (including phenoxy) is 2. The molecule has 1 amide bonds. The Morgan fingerprint density at radius 2 is 1.89 bits per heavy atom. The molecule has 3 saturated heterocycles. The van der Waals surface area contributed by atoms with Crippen molar-refractivity contribution < 1.29 is 14.3 Å². The molecule has 1 N–H and O–H groups in total. The van der Waals surface area contributed by atoms with Crippen LogP contribution in [0.4, 0.5) is 0 Å². The number of rotatable bonds is 5. The van der Waals surface area contributed by atoms with E-state index in [2.05, 4.69) is 70.5 Å². The van der Waals surface area contributed by atoms with Gasteiger partial charge in [0.25, 0.3) is 5.91 Å². The number of piperidine rings is 3. The molecule has 7 heteroatoms. The molecule has 0 saturated carbocycles. The molecule has 4 aliphatic heterocycles. The Balaban J connectivity index is 1.04. The second kappa shape index (κ2) is 8.92. The lowest BCUT2D eigenvalue weighted by Crippen LogP contribution is -2.56. The smallest absolute Gasteiger partial charge is 0.251 e. The molecule has 188 valence electrons. The first kappa shape index (κ1) is 22.4. The van der Waals surface area contributed by atoms with E-state index in [9.17, 15) is 4.79 Å². The molecular weight excluding hydrogens is 464 g/mol. The van der Waals surface area contributed by atoms with E-state index in [0.29, 0.717) is 41.5 Å². The monoisotopic (exact) mass is 494 g/mol. The highest BCUT2D eigenvalue weighted by atomic mass is 16.7. The maximum atomic E-state index is 12.8. The first-order chi connectivity index (χ1) is 18.1. The summed E-state index contributed by atoms with van der Waals surface area (Å²) in [4.78, 5) is 15.4. The molecule has 0 radical (unpaired) electrons. The van der Waals surface area contributed by atoms with Gasteiger partial charge in [-0.1, -0.05) is 36.4 Å². The molecule has 7 nitrogen and oxygen atoms in total. The largest absolute Gasteiger partial charge is 0.454 e. The van der Waals surface area contributed by atoms with Gasteiger partial charge in [0, 0.05) is 48.9 Å². The van der Waals surface area contributed by atoms with E-state index in [1.54, 1.807) is 18.2 Å². The average molecular weight is 495 g/mol. The van der Waals surface area contributed by atoms with Crippen molar-refractivity contribution in [2.24, 2.45) is 13.0 Å². The van der Waals surface area contributed by atoms with Crippen LogP contribution in [-0.4, -0.2) is 53.1 Å². The van der Waals surface area contributed by atoms with Gasteiger partial charge in [0.05, 0.1) is 5.69 Å². The van der Waals surface area contributed by atoms with Gasteiger partial charge in [-0.3, -0.25) is 14.4 Å². The lowest BCUT2D eigenvalue weighted by atomic mass is 9.74. The maximum absolute atomic E-state index is 12.8. The molecule has 5 heterocycles. The highest BCUT2D eigenvalue weighted by Crippen LogP contribution is 2.42. The van der Waals surface area contributed by atoms with Crippen LogP contribution in [0.1, 0.15) is 34.8 Å². The van der Waals surface area contributed by atoms with E-state index < -0.39 is 0 Å². The van der Waals surface area contributed by atoms with Gasteiger partial charge in [-0.2, -0.15) is 5.10 Å². The van der Waals surface area contributed by atoms with Crippen LogP contribution in [0.25, 0.3) is 22.0 Å². The Bertz CT molecular complexity index is 1500. The fourth-order valence-corrected chi connectivity index (χ4v) is 6.35. The number of nitrogens with zero attached hydrogens (tertiary/aromatic N) is 3. The van der Waals surface area contributed by atoms with E-state index in [-0.39, 0.29) is 12.7 Å². The van der Waals surface area contributed by atoms with Crippen molar-refractivity contribution in [1.29, 1.82) is 0 Å². The van der Waals surface area contributed by atoms with Gasteiger partial charge in [0.1, 0.15) is 0 Å². The van der Waals surface area contributed by atoms with E-state index in [0.717, 1.165) is 30.8 Å². The molecule has 3 fully saturated rings. The van der Waals surface area contributed by atoms with Crippen LogP contribution in [0.15, 0.2) is 66.7 Å². The molecule has 1 aromatic heterocycles. The molecule has 37 heavy (non-hydrogen) atoms. The quantitative estimate of drug-likeness (QED) is 0.440. The van der Waals surface area contributed by atoms with Crippen molar-refractivity contribution >= 4 is 16.7 Å². The van der Waals surface area contributed by atoms with E-state index in [4.69, 9.17) is 14.6 Å². The van der Waals surface area contributed by atoms with Crippen molar-refractivity contribution in [3.63, 3.8) is 0 Å². The summed E-state index contributed by atoms with van der Waals surface area (Å²) in [5, 5.41) is 10.5. The van der Waals surface area contributed by atoms with Gasteiger partial charge in [-0.05, 0) is 66.4 Å². The maximum Gasteiger partial charge on any atom is 0.251 e. The zero-order valence-electron chi connectivity index (χ0n) is 20.9. The number of carbonyl (C=O) groups is 1. The molecule has 0 spiro atoms. The summed E-state index contributed by atoms with van der Waals surface area (Å²) in [6, 6.07) is 23.0. The summed E-state index contributed by atoms with van der Waals surface area (Å²) in [7, 11) is 2.07. The minimum Gasteiger partial charge on any atom is -0.454 e. The third kappa shape index (κ3) is 4.03. The number of hydrogen-bond donors (Lipinski definition) is 1. The molecule has 2 unspecified atom stereocenters. The first-order valence-corrected chi connectivity index (χ1v) is 13.1. The van der Waals surface area contributed by atoms with E-state index in [1.165, 1.54) is 22.9 Å². The summed E-state index contributed by atoms with van der Waals surface area (Å²) in [6.07, 6.45) is 2.27. The van der Waals surface area contributed by atoms with Gasteiger partial charge < -0.3 is 14.8 Å². The second-order valence-corrected chi connectivity index (χ2v) is 10.5. The standard InChI is InChI=1S/C30H30N4O3/c1-33-27(15-26(32-33)22-7-6-19-4-2-3-5-20(19)12-22)25-17-34-11-10-21(25)13-24(34)16-31-30(35)23-8-9-28-29(14-23)37-18-36-28/h2-9,12,14-15,21,24-25H,10-11,13,16-18H2,1H3,(H,31,35)/t21?,24-,25+/m1/s1. The number of benzene rings is 3. The van der Waals surface area contributed by atoms with Gasteiger partial charge in [0.15, 0.2) is 11.5 Å². The number of aryl methyl sites for hydroxylation is 1. The Kier molecular flexibility index (Phi) is 5.39. The van der Waals surface area contributed by atoms with Crippen molar-refractivity contribution in [3.8, 4) is 22.8 Å². The first-order valence-electron chi connectivity index (χ1n) is 13.1. The Hall–Kier alpha value is -3.84. The number of fused-ring (bicyclic) bond motifs is 5. The molecule has 4 atom stereocenters.